The van der Waals surface area contributed by atoms with Gasteiger partial charge in [0.25, 0.3) is 0 Å². The highest BCUT2D eigenvalue weighted by molar-refractivity contribution is 5.87. The molecular formula is C10H17NO2. The minimum Gasteiger partial charge on any atom is -0.335 e. The highest BCUT2D eigenvalue weighted by Gasteiger charge is 2.28. The van der Waals surface area contributed by atoms with Crippen molar-refractivity contribution in [2.75, 3.05) is 6.54 Å². The third-order valence-corrected chi connectivity index (χ3v) is 2.58. The molecule has 1 atom stereocenters. The van der Waals surface area contributed by atoms with Crippen molar-refractivity contribution in [3.8, 4) is 0 Å². The maximum absolute atomic E-state index is 11.3. The highest BCUT2D eigenvalue weighted by atomic mass is 16.1. The molecule has 3 heteroatoms. The van der Waals surface area contributed by atoms with E-state index in [4.69, 9.17) is 0 Å². The normalized spacial score (nSPS) is 21.9. The van der Waals surface area contributed by atoms with Crippen LogP contribution < -0.4 is 0 Å². The summed E-state index contributed by atoms with van der Waals surface area (Å²) in [6, 6.07) is -0.107. The Morgan fingerprint density at radius 3 is 2.85 bits per heavy atom. The lowest BCUT2D eigenvalue weighted by Crippen LogP contribution is -2.37. The number of unbranched alkanes of at least 4 members (excludes halogenated alkanes) is 1. The predicted molar refractivity (Wildman–Crippen MR) is 50.3 cm³/mol. The number of Topliss-reactive ketones (excluding diaryl/α,β-unsaturated/α-hetero) is 1. The first kappa shape index (κ1) is 10.2. The molecule has 1 saturated carbocycles. The van der Waals surface area contributed by atoms with Gasteiger partial charge in [0.2, 0.25) is 6.41 Å². The summed E-state index contributed by atoms with van der Waals surface area (Å²) in [4.78, 5) is 23.7. The summed E-state index contributed by atoms with van der Waals surface area (Å²) in [5, 5.41) is 0. The molecule has 1 unspecified atom stereocenters. The van der Waals surface area contributed by atoms with Crippen molar-refractivity contribution in [3.05, 3.63) is 0 Å². The van der Waals surface area contributed by atoms with Gasteiger partial charge in [-0.1, -0.05) is 13.3 Å². The molecule has 0 spiro atoms. The van der Waals surface area contributed by atoms with Crippen LogP contribution in [0.4, 0.5) is 0 Å². The predicted octanol–water partition coefficient (Wildman–Crippen LogP) is 1.37. The van der Waals surface area contributed by atoms with Crippen LogP contribution in [0.3, 0.4) is 0 Å². The Morgan fingerprint density at radius 1 is 1.62 bits per heavy atom. The maximum atomic E-state index is 11.3. The van der Waals surface area contributed by atoms with Crippen LogP contribution in [0.15, 0.2) is 0 Å². The van der Waals surface area contributed by atoms with Gasteiger partial charge in [-0.05, 0) is 19.3 Å². The summed E-state index contributed by atoms with van der Waals surface area (Å²) in [6.45, 7) is 2.82. The molecule has 13 heavy (non-hydrogen) atoms. The molecule has 0 bridgehead atoms. The highest BCUT2D eigenvalue weighted by Crippen LogP contribution is 2.19. The Kier molecular flexibility index (Phi) is 3.93. The van der Waals surface area contributed by atoms with Gasteiger partial charge in [-0.3, -0.25) is 9.59 Å². The van der Waals surface area contributed by atoms with Crippen molar-refractivity contribution in [2.24, 2.45) is 0 Å². The molecule has 1 rings (SSSR count). The number of carbonyl (C=O) groups is 2. The van der Waals surface area contributed by atoms with Gasteiger partial charge in [-0.2, -0.15) is 0 Å². The van der Waals surface area contributed by atoms with E-state index in [9.17, 15) is 9.59 Å². The third-order valence-electron chi connectivity index (χ3n) is 2.58. The molecule has 1 aliphatic carbocycles. The summed E-state index contributed by atoms with van der Waals surface area (Å²) in [5.41, 5.74) is 0. The molecule has 1 amide bonds. The molecule has 3 nitrogen and oxygen atoms in total. The first-order valence-electron chi connectivity index (χ1n) is 5.03. The van der Waals surface area contributed by atoms with E-state index >= 15 is 0 Å². The van der Waals surface area contributed by atoms with Crippen LogP contribution in [0.1, 0.15) is 39.0 Å². The molecule has 0 radical (unpaired) electrons. The molecule has 1 aliphatic rings. The van der Waals surface area contributed by atoms with Crippen molar-refractivity contribution in [1.29, 1.82) is 0 Å². The molecule has 1 fully saturated rings. The van der Waals surface area contributed by atoms with Gasteiger partial charge >= 0.3 is 0 Å². The molecule has 0 aromatic heterocycles. The van der Waals surface area contributed by atoms with Gasteiger partial charge in [0.15, 0.2) is 5.78 Å². The van der Waals surface area contributed by atoms with Crippen LogP contribution in [0.2, 0.25) is 0 Å². The van der Waals surface area contributed by atoms with Gasteiger partial charge in [0.05, 0.1) is 6.04 Å². The molecule has 0 N–H and O–H groups in total. The summed E-state index contributed by atoms with van der Waals surface area (Å²) in [6.07, 6.45) is 5.33. The van der Waals surface area contributed by atoms with Crippen molar-refractivity contribution in [2.45, 2.75) is 45.1 Å². The van der Waals surface area contributed by atoms with Crippen molar-refractivity contribution in [3.63, 3.8) is 0 Å². The van der Waals surface area contributed by atoms with Gasteiger partial charge in [-0.15, -0.1) is 0 Å². The summed E-state index contributed by atoms with van der Waals surface area (Å²) in [5.74, 6) is 0.239. The zero-order chi connectivity index (χ0) is 9.68. The first-order chi connectivity index (χ1) is 6.29. The summed E-state index contributed by atoms with van der Waals surface area (Å²) in [7, 11) is 0. The number of hydrogen-bond acceptors (Lipinski definition) is 2. The van der Waals surface area contributed by atoms with E-state index in [2.05, 4.69) is 6.92 Å². The quantitative estimate of drug-likeness (QED) is 0.604. The second kappa shape index (κ2) is 5.00. The Bertz CT molecular complexity index is 191. The Labute approximate surface area is 79.1 Å². The Hall–Kier alpha value is -0.860. The molecule has 0 aromatic carbocycles. The lowest BCUT2D eigenvalue weighted by atomic mass is 10.2. The average molecular weight is 183 g/mol. The van der Waals surface area contributed by atoms with Crippen molar-refractivity contribution >= 4 is 12.2 Å². The van der Waals surface area contributed by atoms with E-state index in [0.717, 1.165) is 38.6 Å². The number of hydrogen-bond donors (Lipinski definition) is 0. The molecule has 0 heterocycles. The fourth-order valence-corrected chi connectivity index (χ4v) is 1.77. The number of amides is 1. The average Bonchev–Trinajstić information content (AvgIpc) is 2.54. The van der Waals surface area contributed by atoms with Crippen LogP contribution in [-0.2, 0) is 9.59 Å². The van der Waals surface area contributed by atoms with E-state index in [0.29, 0.717) is 6.42 Å². The smallest absolute Gasteiger partial charge is 0.210 e. The summed E-state index contributed by atoms with van der Waals surface area (Å²) < 4.78 is 0. The van der Waals surface area contributed by atoms with Gasteiger partial charge < -0.3 is 4.90 Å². The third kappa shape index (κ3) is 2.54. The van der Waals surface area contributed by atoms with Crippen LogP contribution >= 0.6 is 0 Å². The fourth-order valence-electron chi connectivity index (χ4n) is 1.77. The standard InChI is InChI=1S/C10H17NO2/c1-2-3-7-11(8-12)9-5-4-6-10(9)13/h8-9H,2-7H2,1H3. The largest absolute Gasteiger partial charge is 0.335 e. The van der Waals surface area contributed by atoms with Crippen molar-refractivity contribution in [1.82, 2.24) is 4.90 Å². The minimum absolute atomic E-state index is 0.107. The minimum atomic E-state index is -0.107. The molecule has 0 saturated heterocycles. The van der Waals surface area contributed by atoms with Crippen LogP contribution in [-0.4, -0.2) is 29.7 Å². The number of nitrogens with zero attached hydrogens (tertiary/aromatic N) is 1. The van der Waals surface area contributed by atoms with E-state index in [-0.39, 0.29) is 11.8 Å². The second-order valence-corrected chi connectivity index (χ2v) is 3.57. The summed E-state index contributed by atoms with van der Waals surface area (Å²) >= 11 is 0. The van der Waals surface area contributed by atoms with Crippen LogP contribution in [0, 0.1) is 0 Å². The van der Waals surface area contributed by atoms with Gasteiger partial charge in [0.1, 0.15) is 0 Å². The number of carbonyl (C=O) groups excluding carboxylic acids is 2. The molecule has 74 valence electrons. The van der Waals surface area contributed by atoms with E-state index < -0.39 is 0 Å². The maximum Gasteiger partial charge on any atom is 0.210 e. The molecule has 0 aromatic rings. The molecular weight excluding hydrogens is 166 g/mol. The van der Waals surface area contributed by atoms with Gasteiger partial charge in [-0.25, -0.2) is 0 Å². The Morgan fingerprint density at radius 2 is 2.38 bits per heavy atom. The lowest BCUT2D eigenvalue weighted by molar-refractivity contribution is -0.129. The van der Waals surface area contributed by atoms with E-state index in [1.165, 1.54) is 0 Å². The fraction of sp³-hybridized carbons (Fsp3) is 0.800. The van der Waals surface area contributed by atoms with Crippen molar-refractivity contribution < 1.29 is 9.59 Å². The van der Waals surface area contributed by atoms with Gasteiger partial charge in [0, 0.05) is 13.0 Å². The zero-order valence-corrected chi connectivity index (χ0v) is 8.16. The number of ketones is 1. The number of rotatable bonds is 5. The lowest BCUT2D eigenvalue weighted by Gasteiger charge is -2.22. The van der Waals surface area contributed by atoms with E-state index in [1.54, 1.807) is 4.90 Å². The SMILES string of the molecule is CCCCN(C=O)C1CCCC1=O. The van der Waals surface area contributed by atoms with Crippen LogP contribution in [0.5, 0.6) is 0 Å². The monoisotopic (exact) mass is 183 g/mol. The topological polar surface area (TPSA) is 37.4 Å². The second-order valence-electron chi connectivity index (χ2n) is 3.57. The molecule has 0 aliphatic heterocycles. The Balaban J connectivity index is 2.44. The van der Waals surface area contributed by atoms with Crippen LogP contribution in [0.25, 0.3) is 0 Å². The van der Waals surface area contributed by atoms with E-state index in [1.807, 2.05) is 0 Å². The first-order valence-corrected chi connectivity index (χ1v) is 5.03. The zero-order valence-electron chi connectivity index (χ0n) is 8.16.